The van der Waals surface area contributed by atoms with Crippen molar-refractivity contribution in [3.63, 3.8) is 0 Å². The first-order chi connectivity index (χ1) is 9.58. The summed E-state index contributed by atoms with van der Waals surface area (Å²) in [5.41, 5.74) is 2.09. The summed E-state index contributed by atoms with van der Waals surface area (Å²) in [6.45, 7) is 5.11. The van der Waals surface area contributed by atoms with Crippen LogP contribution in [0, 0.1) is 24.1 Å². The fraction of sp³-hybridized carbons (Fsp3) is 0.333. The number of halogens is 1. The Morgan fingerprint density at radius 3 is 2.95 bits per heavy atom. The van der Waals surface area contributed by atoms with E-state index in [0.29, 0.717) is 24.2 Å². The van der Waals surface area contributed by atoms with Gasteiger partial charge in [-0.15, -0.1) is 0 Å². The van der Waals surface area contributed by atoms with Crippen molar-refractivity contribution in [2.75, 3.05) is 0 Å². The van der Waals surface area contributed by atoms with Crippen LogP contribution < -0.4 is 5.32 Å². The van der Waals surface area contributed by atoms with Crippen LogP contribution in [0.5, 0.6) is 0 Å². The van der Waals surface area contributed by atoms with E-state index in [9.17, 15) is 4.39 Å². The lowest BCUT2D eigenvalue weighted by Crippen LogP contribution is -2.30. The predicted molar refractivity (Wildman–Crippen MR) is 74.4 cm³/mol. The fourth-order valence-electron chi connectivity index (χ4n) is 1.98. The number of nitrogens with one attached hydrogen (secondary N) is 1. The van der Waals surface area contributed by atoms with Crippen LogP contribution in [0.4, 0.5) is 4.39 Å². The highest BCUT2D eigenvalue weighted by Crippen LogP contribution is 2.10. The lowest BCUT2D eigenvalue weighted by atomic mass is 10.1. The third-order valence-electron chi connectivity index (χ3n) is 3.04. The Labute approximate surface area is 117 Å². The van der Waals surface area contributed by atoms with E-state index in [4.69, 9.17) is 5.26 Å². The highest BCUT2D eigenvalue weighted by Gasteiger charge is 2.07. The molecule has 1 N–H and O–H groups in total. The molecule has 0 bridgehead atoms. The number of aryl methyl sites for hydroxylation is 1. The summed E-state index contributed by atoms with van der Waals surface area (Å²) in [6.07, 6.45) is 3.78. The minimum absolute atomic E-state index is 0.152. The molecule has 20 heavy (non-hydrogen) atoms. The quantitative estimate of drug-likeness (QED) is 0.909. The fourth-order valence-corrected chi connectivity index (χ4v) is 1.98. The molecule has 0 saturated carbocycles. The molecule has 2 aromatic rings. The Kier molecular flexibility index (Phi) is 4.49. The number of rotatable bonds is 5. The van der Waals surface area contributed by atoms with Crippen LogP contribution in [0.1, 0.15) is 23.6 Å². The molecule has 2 rings (SSSR count). The van der Waals surface area contributed by atoms with Crippen molar-refractivity contribution in [3.8, 4) is 6.07 Å². The third-order valence-corrected chi connectivity index (χ3v) is 3.04. The third kappa shape index (κ3) is 3.65. The summed E-state index contributed by atoms with van der Waals surface area (Å²) >= 11 is 0. The van der Waals surface area contributed by atoms with Crippen molar-refractivity contribution in [2.45, 2.75) is 33.0 Å². The Morgan fingerprint density at radius 1 is 1.50 bits per heavy atom. The zero-order valence-electron chi connectivity index (χ0n) is 11.6. The molecule has 0 aliphatic heterocycles. The van der Waals surface area contributed by atoms with Crippen molar-refractivity contribution in [1.82, 2.24) is 15.1 Å². The number of nitriles is 1. The van der Waals surface area contributed by atoms with Gasteiger partial charge >= 0.3 is 0 Å². The Bertz CT molecular complexity index is 627. The number of hydrogen-bond donors (Lipinski definition) is 1. The first-order valence-electron chi connectivity index (χ1n) is 6.49. The molecule has 5 heteroatoms. The molecular weight excluding hydrogens is 255 g/mol. The van der Waals surface area contributed by atoms with Gasteiger partial charge < -0.3 is 5.32 Å². The maximum atomic E-state index is 13.6. The van der Waals surface area contributed by atoms with E-state index in [0.717, 1.165) is 5.56 Å². The van der Waals surface area contributed by atoms with Crippen LogP contribution in [0.15, 0.2) is 30.6 Å². The lowest BCUT2D eigenvalue weighted by Gasteiger charge is -2.14. The van der Waals surface area contributed by atoms with E-state index in [-0.39, 0.29) is 11.9 Å². The SMILES string of the molecule is Cc1cnn(C[C@@H](C)NCc2cc(C#N)ccc2F)c1. The molecule has 0 fully saturated rings. The minimum atomic E-state index is -0.293. The Balaban J connectivity index is 1.93. The Morgan fingerprint density at radius 2 is 2.30 bits per heavy atom. The molecule has 0 unspecified atom stereocenters. The molecule has 1 atom stereocenters. The molecule has 0 aliphatic carbocycles. The van der Waals surface area contributed by atoms with Gasteiger partial charge in [-0.2, -0.15) is 10.4 Å². The minimum Gasteiger partial charge on any atom is -0.308 e. The summed E-state index contributed by atoms with van der Waals surface area (Å²) in [7, 11) is 0. The monoisotopic (exact) mass is 272 g/mol. The summed E-state index contributed by atoms with van der Waals surface area (Å²) in [6, 6.07) is 6.56. The molecule has 104 valence electrons. The number of hydrogen-bond acceptors (Lipinski definition) is 3. The average molecular weight is 272 g/mol. The molecule has 1 heterocycles. The van der Waals surface area contributed by atoms with Crippen LogP contribution in [0.2, 0.25) is 0 Å². The largest absolute Gasteiger partial charge is 0.308 e. The van der Waals surface area contributed by atoms with Gasteiger partial charge in [-0.3, -0.25) is 4.68 Å². The van der Waals surface area contributed by atoms with E-state index >= 15 is 0 Å². The van der Waals surface area contributed by atoms with Crippen LogP contribution in [-0.2, 0) is 13.1 Å². The van der Waals surface area contributed by atoms with Crippen LogP contribution >= 0.6 is 0 Å². The molecule has 0 amide bonds. The molecule has 0 spiro atoms. The topological polar surface area (TPSA) is 53.6 Å². The second-order valence-corrected chi connectivity index (χ2v) is 4.94. The van der Waals surface area contributed by atoms with Gasteiger partial charge in [0.2, 0.25) is 0 Å². The van der Waals surface area contributed by atoms with Crippen molar-refractivity contribution in [2.24, 2.45) is 0 Å². The van der Waals surface area contributed by atoms with Gasteiger partial charge in [0.25, 0.3) is 0 Å². The molecule has 4 nitrogen and oxygen atoms in total. The van der Waals surface area contributed by atoms with Gasteiger partial charge in [-0.05, 0) is 37.6 Å². The second-order valence-electron chi connectivity index (χ2n) is 4.94. The van der Waals surface area contributed by atoms with E-state index in [1.54, 1.807) is 6.07 Å². The van der Waals surface area contributed by atoms with Gasteiger partial charge in [-0.25, -0.2) is 4.39 Å². The molecule has 1 aromatic carbocycles. The van der Waals surface area contributed by atoms with Crippen molar-refractivity contribution in [1.29, 1.82) is 5.26 Å². The van der Waals surface area contributed by atoms with Crippen molar-refractivity contribution < 1.29 is 4.39 Å². The first kappa shape index (κ1) is 14.2. The van der Waals surface area contributed by atoms with Gasteiger partial charge in [0.05, 0.1) is 24.4 Å². The molecular formula is C15H17FN4. The predicted octanol–water partition coefficient (Wildman–Crippen LogP) is 2.38. The van der Waals surface area contributed by atoms with Gasteiger partial charge in [0, 0.05) is 24.3 Å². The van der Waals surface area contributed by atoms with Gasteiger partial charge in [0.1, 0.15) is 5.82 Å². The smallest absolute Gasteiger partial charge is 0.127 e. The molecule has 0 saturated heterocycles. The summed E-state index contributed by atoms with van der Waals surface area (Å²) in [4.78, 5) is 0. The Hall–Kier alpha value is -2.19. The van der Waals surface area contributed by atoms with E-state index in [1.165, 1.54) is 12.1 Å². The molecule has 1 aromatic heterocycles. The second kappa shape index (κ2) is 6.31. The van der Waals surface area contributed by atoms with E-state index < -0.39 is 0 Å². The standard InChI is InChI=1S/C15H17FN4/c1-11-7-19-20(9-11)10-12(2)18-8-14-5-13(6-17)3-4-15(14)16/h3-5,7,9,12,18H,8,10H2,1-2H3/t12-/m1/s1. The van der Waals surface area contributed by atoms with E-state index in [1.807, 2.05) is 37.0 Å². The normalized spacial score (nSPS) is 12.1. The van der Waals surface area contributed by atoms with E-state index in [2.05, 4.69) is 10.4 Å². The maximum Gasteiger partial charge on any atom is 0.127 e. The zero-order chi connectivity index (χ0) is 14.5. The number of nitrogens with zero attached hydrogens (tertiary/aromatic N) is 3. The first-order valence-corrected chi connectivity index (χ1v) is 6.49. The summed E-state index contributed by atoms with van der Waals surface area (Å²) < 4.78 is 15.5. The van der Waals surface area contributed by atoms with Crippen molar-refractivity contribution in [3.05, 3.63) is 53.1 Å². The van der Waals surface area contributed by atoms with Crippen LogP contribution in [0.25, 0.3) is 0 Å². The molecule has 0 aliphatic rings. The van der Waals surface area contributed by atoms with Crippen LogP contribution in [0.3, 0.4) is 0 Å². The average Bonchev–Trinajstić information content (AvgIpc) is 2.83. The van der Waals surface area contributed by atoms with Crippen molar-refractivity contribution >= 4 is 0 Å². The lowest BCUT2D eigenvalue weighted by molar-refractivity contribution is 0.445. The van der Waals surface area contributed by atoms with Crippen LogP contribution in [-0.4, -0.2) is 15.8 Å². The van der Waals surface area contributed by atoms with Gasteiger partial charge in [-0.1, -0.05) is 0 Å². The van der Waals surface area contributed by atoms with Gasteiger partial charge in [0.15, 0.2) is 0 Å². The summed E-state index contributed by atoms with van der Waals surface area (Å²) in [5.74, 6) is -0.293. The number of aromatic nitrogens is 2. The summed E-state index contributed by atoms with van der Waals surface area (Å²) in [5, 5.41) is 16.3. The highest BCUT2D eigenvalue weighted by molar-refractivity contribution is 5.33. The number of benzene rings is 1. The molecule has 0 radical (unpaired) electrons. The maximum absolute atomic E-state index is 13.6. The highest BCUT2D eigenvalue weighted by atomic mass is 19.1. The zero-order valence-corrected chi connectivity index (χ0v) is 11.6.